The molecule has 1 N–H and O–H groups in total. The quantitative estimate of drug-likeness (QED) is 0.905. The lowest BCUT2D eigenvalue weighted by molar-refractivity contribution is -0.128. The van der Waals surface area contributed by atoms with Gasteiger partial charge in [0.2, 0.25) is 15.9 Å². The van der Waals surface area contributed by atoms with Crippen molar-refractivity contribution < 1.29 is 13.2 Å². The van der Waals surface area contributed by atoms with Crippen LogP contribution in [0.1, 0.15) is 24.9 Å². The van der Waals surface area contributed by atoms with Crippen LogP contribution in [0.25, 0.3) is 0 Å². The summed E-state index contributed by atoms with van der Waals surface area (Å²) in [6.45, 7) is 2.26. The fourth-order valence-corrected chi connectivity index (χ4v) is 4.43. The van der Waals surface area contributed by atoms with Gasteiger partial charge in [-0.1, -0.05) is 48.5 Å². The van der Waals surface area contributed by atoms with Gasteiger partial charge >= 0.3 is 0 Å². The molecule has 0 aliphatic carbocycles. The highest BCUT2D eigenvalue weighted by molar-refractivity contribution is 7.89. The highest BCUT2D eigenvalue weighted by Crippen LogP contribution is 2.27. The Hall–Kier alpha value is -2.18. The van der Waals surface area contributed by atoms with E-state index < -0.39 is 16.1 Å². The Labute approximate surface area is 142 Å². The molecule has 2 aromatic carbocycles. The number of rotatable bonds is 5. The number of hydrogen-bond donors (Lipinski definition) is 1. The molecule has 0 aromatic heterocycles. The second kappa shape index (κ2) is 6.75. The van der Waals surface area contributed by atoms with Gasteiger partial charge in [0.15, 0.2) is 0 Å². The number of sulfonamides is 1. The highest BCUT2D eigenvalue weighted by Gasteiger charge is 2.42. The van der Waals surface area contributed by atoms with Crippen molar-refractivity contribution in [3.63, 3.8) is 0 Å². The van der Waals surface area contributed by atoms with Gasteiger partial charge in [-0.25, -0.2) is 8.42 Å². The van der Waals surface area contributed by atoms with E-state index in [9.17, 15) is 13.2 Å². The van der Waals surface area contributed by atoms with E-state index in [4.69, 9.17) is 0 Å². The van der Waals surface area contributed by atoms with E-state index >= 15 is 0 Å². The van der Waals surface area contributed by atoms with Gasteiger partial charge in [-0.15, -0.1) is 0 Å². The molecule has 24 heavy (non-hydrogen) atoms. The predicted octanol–water partition coefficient (Wildman–Crippen LogP) is 2.33. The maximum atomic E-state index is 12.6. The molecule has 6 heteroatoms. The lowest BCUT2D eigenvalue weighted by atomic mass is 10.0. The molecule has 1 aliphatic rings. The maximum absolute atomic E-state index is 12.6. The largest absolute Gasteiger partial charge is 0.348 e. The van der Waals surface area contributed by atoms with Crippen LogP contribution < -0.4 is 5.32 Å². The van der Waals surface area contributed by atoms with Gasteiger partial charge in [-0.2, -0.15) is 4.31 Å². The molecule has 2 aromatic rings. The molecule has 1 amide bonds. The summed E-state index contributed by atoms with van der Waals surface area (Å²) in [5.41, 5.74) is 0.989. The number of carbonyl (C=O) groups excluding carboxylic acids is 1. The Morgan fingerprint density at radius 2 is 1.67 bits per heavy atom. The fraction of sp³-hybridized carbons (Fsp3) is 0.278. The van der Waals surface area contributed by atoms with Crippen molar-refractivity contribution in [2.24, 2.45) is 0 Å². The van der Waals surface area contributed by atoms with Crippen LogP contribution in [0.15, 0.2) is 65.6 Å². The Kier molecular flexibility index (Phi) is 4.69. The monoisotopic (exact) mass is 344 g/mol. The first kappa shape index (κ1) is 16.7. The Morgan fingerprint density at radius 1 is 1.08 bits per heavy atom. The smallest absolute Gasteiger partial charge is 0.243 e. The molecule has 5 nitrogen and oxygen atoms in total. The lowest BCUT2D eigenvalue weighted by Gasteiger charge is -2.38. The average Bonchev–Trinajstić information content (AvgIpc) is 2.55. The summed E-state index contributed by atoms with van der Waals surface area (Å²) in [6, 6.07) is 17.0. The number of amides is 1. The van der Waals surface area contributed by atoms with Crippen molar-refractivity contribution in [2.75, 3.05) is 6.54 Å². The first-order valence-electron chi connectivity index (χ1n) is 7.92. The van der Waals surface area contributed by atoms with Crippen molar-refractivity contribution in [1.29, 1.82) is 0 Å². The van der Waals surface area contributed by atoms with Gasteiger partial charge in [0.05, 0.1) is 10.9 Å². The molecule has 1 saturated heterocycles. The SMILES string of the molecule is CC(NC(=O)C1CCN1S(=O)(=O)c1ccccc1)c1ccccc1. The van der Waals surface area contributed by atoms with Crippen LogP contribution in [0.4, 0.5) is 0 Å². The number of carbonyl (C=O) groups is 1. The zero-order valence-corrected chi connectivity index (χ0v) is 14.2. The van der Waals surface area contributed by atoms with Gasteiger partial charge in [-0.3, -0.25) is 4.79 Å². The summed E-state index contributed by atoms with van der Waals surface area (Å²) in [4.78, 5) is 12.7. The third kappa shape index (κ3) is 3.20. The van der Waals surface area contributed by atoms with Crippen LogP contribution in [0.2, 0.25) is 0 Å². The standard InChI is InChI=1S/C18H20N2O3S/c1-14(15-8-4-2-5-9-15)19-18(21)17-12-13-20(17)24(22,23)16-10-6-3-7-11-16/h2-11,14,17H,12-13H2,1H3,(H,19,21). The third-order valence-corrected chi connectivity index (χ3v) is 6.20. The Balaban J connectivity index is 1.71. The maximum Gasteiger partial charge on any atom is 0.243 e. The minimum atomic E-state index is -3.62. The first-order chi connectivity index (χ1) is 11.5. The van der Waals surface area contributed by atoms with Gasteiger partial charge in [0.25, 0.3) is 0 Å². The van der Waals surface area contributed by atoms with Gasteiger partial charge < -0.3 is 5.32 Å². The number of benzene rings is 2. The van der Waals surface area contributed by atoms with Gasteiger partial charge in [0, 0.05) is 6.54 Å². The van der Waals surface area contributed by atoms with Crippen molar-refractivity contribution in [3.05, 3.63) is 66.2 Å². The second-order valence-corrected chi connectivity index (χ2v) is 7.76. The molecule has 2 atom stereocenters. The van der Waals surface area contributed by atoms with Crippen molar-refractivity contribution in [1.82, 2.24) is 9.62 Å². The molecule has 1 heterocycles. The van der Waals surface area contributed by atoms with Gasteiger partial charge in [-0.05, 0) is 31.0 Å². The zero-order chi connectivity index (χ0) is 17.2. The lowest BCUT2D eigenvalue weighted by Crippen LogP contribution is -2.58. The first-order valence-corrected chi connectivity index (χ1v) is 9.36. The molecule has 0 spiro atoms. The number of nitrogens with zero attached hydrogens (tertiary/aromatic N) is 1. The molecule has 0 bridgehead atoms. The Bertz CT molecular complexity index is 807. The molecular formula is C18H20N2O3S. The van der Waals surface area contributed by atoms with Crippen molar-refractivity contribution >= 4 is 15.9 Å². The zero-order valence-electron chi connectivity index (χ0n) is 13.4. The number of nitrogens with one attached hydrogen (secondary N) is 1. The molecule has 3 rings (SSSR count). The minimum absolute atomic E-state index is 0.166. The molecule has 0 radical (unpaired) electrons. The normalized spacial score (nSPS) is 19.3. The van der Waals surface area contributed by atoms with E-state index in [-0.39, 0.29) is 16.8 Å². The number of hydrogen-bond acceptors (Lipinski definition) is 3. The van der Waals surface area contributed by atoms with Crippen molar-refractivity contribution in [2.45, 2.75) is 30.3 Å². The molecule has 126 valence electrons. The summed E-state index contributed by atoms with van der Waals surface area (Å²) in [5, 5.41) is 2.91. The summed E-state index contributed by atoms with van der Waals surface area (Å²) in [7, 11) is -3.62. The molecular weight excluding hydrogens is 324 g/mol. The van der Waals surface area contributed by atoms with E-state index in [0.29, 0.717) is 13.0 Å². The van der Waals surface area contributed by atoms with Crippen LogP contribution in [-0.4, -0.2) is 31.2 Å². The van der Waals surface area contributed by atoms with E-state index in [2.05, 4.69) is 5.32 Å². The molecule has 1 aliphatic heterocycles. The Morgan fingerprint density at radius 3 is 2.21 bits per heavy atom. The van der Waals surface area contributed by atoms with Crippen molar-refractivity contribution in [3.8, 4) is 0 Å². The van der Waals surface area contributed by atoms with Crippen LogP contribution >= 0.6 is 0 Å². The minimum Gasteiger partial charge on any atom is -0.348 e. The molecule has 2 unspecified atom stereocenters. The van der Waals surface area contributed by atoms with E-state index in [1.165, 1.54) is 4.31 Å². The van der Waals surface area contributed by atoms with Crippen LogP contribution in [-0.2, 0) is 14.8 Å². The third-order valence-electron chi connectivity index (χ3n) is 4.28. The van der Waals surface area contributed by atoms with Gasteiger partial charge in [0.1, 0.15) is 6.04 Å². The summed E-state index contributed by atoms with van der Waals surface area (Å²) in [6.07, 6.45) is 0.541. The molecule has 1 fully saturated rings. The average molecular weight is 344 g/mol. The topological polar surface area (TPSA) is 66.5 Å². The summed E-state index contributed by atoms with van der Waals surface area (Å²) < 4.78 is 26.5. The van der Waals surface area contributed by atoms with E-state index in [1.807, 2.05) is 37.3 Å². The molecule has 0 saturated carbocycles. The van der Waals surface area contributed by atoms with E-state index in [1.54, 1.807) is 30.3 Å². The van der Waals surface area contributed by atoms with Crippen LogP contribution in [0.3, 0.4) is 0 Å². The second-order valence-electron chi connectivity index (χ2n) is 5.87. The highest BCUT2D eigenvalue weighted by atomic mass is 32.2. The van der Waals surface area contributed by atoms with Crippen LogP contribution in [0, 0.1) is 0 Å². The fourth-order valence-electron chi connectivity index (χ4n) is 2.78. The predicted molar refractivity (Wildman–Crippen MR) is 91.7 cm³/mol. The summed E-state index contributed by atoms with van der Waals surface area (Å²) >= 11 is 0. The van der Waals surface area contributed by atoms with Crippen LogP contribution in [0.5, 0.6) is 0 Å². The summed E-state index contributed by atoms with van der Waals surface area (Å²) in [5.74, 6) is -0.253. The van der Waals surface area contributed by atoms with E-state index in [0.717, 1.165) is 5.56 Å².